The maximum atomic E-state index is 11.9. The molecule has 17 heavy (non-hydrogen) atoms. The van der Waals surface area contributed by atoms with E-state index in [4.69, 9.17) is 0 Å². The Kier molecular flexibility index (Phi) is 3.57. The van der Waals surface area contributed by atoms with Crippen LogP contribution >= 0.6 is 0 Å². The Hall–Kier alpha value is -0.670. The van der Waals surface area contributed by atoms with Crippen LogP contribution in [0.25, 0.3) is 0 Å². The van der Waals surface area contributed by atoms with Crippen molar-refractivity contribution < 1.29 is 21.6 Å². The van der Waals surface area contributed by atoms with Gasteiger partial charge < -0.3 is 5.32 Å². The van der Waals surface area contributed by atoms with Crippen LogP contribution in [0.5, 0.6) is 0 Å². The molecule has 0 unspecified atom stereocenters. The van der Waals surface area contributed by atoms with Crippen molar-refractivity contribution in [1.29, 1.82) is 0 Å². The highest BCUT2D eigenvalue weighted by atomic mass is 32.3. The summed E-state index contributed by atoms with van der Waals surface area (Å²) in [6, 6.07) is 0. The Morgan fingerprint density at radius 2 is 1.82 bits per heavy atom. The molecule has 7 nitrogen and oxygen atoms in total. The zero-order chi connectivity index (χ0) is 13.5. The Morgan fingerprint density at radius 3 is 2.29 bits per heavy atom. The molecule has 0 spiro atoms. The van der Waals surface area contributed by atoms with Gasteiger partial charge in [0.1, 0.15) is 5.54 Å². The van der Waals surface area contributed by atoms with Crippen molar-refractivity contribution in [3.63, 3.8) is 0 Å². The molecule has 1 N–H and O–H groups in total. The first-order chi connectivity index (χ1) is 7.47. The van der Waals surface area contributed by atoms with Crippen molar-refractivity contribution in [2.75, 3.05) is 24.4 Å². The van der Waals surface area contributed by atoms with E-state index >= 15 is 0 Å². The van der Waals surface area contributed by atoms with Gasteiger partial charge in [0.2, 0.25) is 15.9 Å². The lowest BCUT2D eigenvalue weighted by atomic mass is 10.0. The molecule has 1 amide bonds. The molecular formula is C8H16N2O5S2. The SMILES string of the molecule is CC1(C)C(=O)NCCN1S(=O)(=O)CS(C)(=O)=O. The molecule has 0 radical (unpaired) electrons. The summed E-state index contributed by atoms with van der Waals surface area (Å²) in [5, 5.41) is 1.57. The highest BCUT2D eigenvalue weighted by Gasteiger charge is 2.45. The number of carbonyl (C=O) groups excluding carboxylic acids is 1. The van der Waals surface area contributed by atoms with E-state index in [0.29, 0.717) is 0 Å². The number of sulfonamides is 1. The molecule has 0 aromatic rings. The number of nitrogens with zero attached hydrogens (tertiary/aromatic N) is 1. The number of amides is 1. The van der Waals surface area contributed by atoms with Crippen molar-refractivity contribution in [1.82, 2.24) is 9.62 Å². The highest BCUT2D eigenvalue weighted by molar-refractivity contribution is 8.06. The van der Waals surface area contributed by atoms with Gasteiger partial charge in [-0.1, -0.05) is 0 Å². The van der Waals surface area contributed by atoms with Crippen LogP contribution in [0.3, 0.4) is 0 Å². The lowest BCUT2D eigenvalue weighted by Gasteiger charge is -2.39. The standard InChI is InChI=1S/C8H16N2O5S2/c1-8(2)7(11)9-4-5-10(8)17(14,15)6-16(3,12)13/h4-6H2,1-3H3,(H,9,11). The molecule has 0 bridgehead atoms. The van der Waals surface area contributed by atoms with Gasteiger partial charge in [0.15, 0.2) is 14.9 Å². The van der Waals surface area contributed by atoms with Crippen molar-refractivity contribution in [2.45, 2.75) is 19.4 Å². The van der Waals surface area contributed by atoms with Gasteiger partial charge in [0.25, 0.3) is 0 Å². The van der Waals surface area contributed by atoms with Crippen molar-refractivity contribution >= 4 is 25.8 Å². The van der Waals surface area contributed by atoms with E-state index in [0.717, 1.165) is 10.6 Å². The van der Waals surface area contributed by atoms with Crippen molar-refractivity contribution in [3.05, 3.63) is 0 Å². The minimum Gasteiger partial charge on any atom is -0.353 e. The minimum atomic E-state index is -4.00. The Bertz CT molecular complexity index is 520. The first kappa shape index (κ1) is 14.4. The van der Waals surface area contributed by atoms with Crippen LogP contribution in [0.2, 0.25) is 0 Å². The first-order valence-electron chi connectivity index (χ1n) is 4.93. The lowest BCUT2D eigenvalue weighted by molar-refractivity contribution is -0.131. The number of nitrogens with one attached hydrogen (secondary N) is 1. The number of rotatable bonds is 3. The molecule has 1 rings (SSSR count). The number of carbonyl (C=O) groups is 1. The van der Waals surface area contributed by atoms with Gasteiger partial charge in [-0.15, -0.1) is 0 Å². The first-order valence-corrected chi connectivity index (χ1v) is 8.60. The summed E-state index contributed by atoms with van der Waals surface area (Å²) in [6.07, 6.45) is 0.849. The van der Waals surface area contributed by atoms with Gasteiger partial charge in [-0.05, 0) is 13.8 Å². The van der Waals surface area contributed by atoms with Crippen LogP contribution in [-0.4, -0.2) is 57.0 Å². The van der Waals surface area contributed by atoms with E-state index in [1.54, 1.807) is 0 Å². The van der Waals surface area contributed by atoms with Gasteiger partial charge >= 0.3 is 0 Å². The molecule has 1 fully saturated rings. The van der Waals surface area contributed by atoms with E-state index in [2.05, 4.69) is 5.32 Å². The molecule has 0 aromatic heterocycles. The predicted octanol–water partition coefficient (Wildman–Crippen LogP) is -1.47. The maximum Gasteiger partial charge on any atom is 0.241 e. The molecular weight excluding hydrogens is 268 g/mol. The summed E-state index contributed by atoms with van der Waals surface area (Å²) < 4.78 is 47.0. The second-order valence-electron chi connectivity index (χ2n) is 4.54. The maximum absolute atomic E-state index is 11.9. The smallest absolute Gasteiger partial charge is 0.241 e. The van der Waals surface area contributed by atoms with Gasteiger partial charge in [0, 0.05) is 19.3 Å². The van der Waals surface area contributed by atoms with Gasteiger partial charge in [-0.2, -0.15) is 4.31 Å². The zero-order valence-corrected chi connectivity index (χ0v) is 11.6. The number of hydrogen-bond donors (Lipinski definition) is 1. The summed E-state index contributed by atoms with van der Waals surface area (Å²) in [5.41, 5.74) is -1.26. The molecule has 1 aliphatic rings. The number of piperazine rings is 1. The third-order valence-corrected chi connectivity index (χ3v) is 6.69. The third-order valence-electron chi connectivity index (χ3n) is 2.48. The normalized spacial score (nSPS) is 22.2. The highest BCUT2D eigenvalue weighted by Crippen LogP contribution is 2.22. The van der Waals surface area contributed by atoms with Gasteiger partial charge in [0.05, 0.1) is 0 Å². The minimum absolute atomic E-state index is 0.0800. The summed E-state index contributed by atoms with van der Waals surface area (Å²) in [6.45, 7) is 3.16. The van der Waals surface area contributed by atoms with E-state index in [1.165, 1.54) is 13.8 Å². The largest absolute Gasteiger partial charge is 0.353 e. The molecule has 9 heteroatoms. The van der Waals surface area contributed by atoms with E-state index in [-0.39, 0.29) is 13.1 Å². The monoisotopic (exact) mass is 284 g/mol. The Labute approximate surface area is 101 Å². The summed E-state index contributed by atoms with van der Waals surface area (Å²) in [7, 11) is -7.66. The summed E-state index contributed by atoms with van der Waals surface area (Å²) in [5.74, 6) is -0.430. The molecule has 0 atom stereocenters. The van der Waals surface area contributed by atoms with Crippen LogP contribution in [0.15, 0.2) is 0 Å². The average Bonchev–Trinajstić information content (AvgIpc) is 2.04. The fraction of sp³-hybridized carbons (Fsp3) is 0.875. The van der Waals surface area contributed by atoms with Crippen LogP contribution in [0.4, 0.5) is 0 Å². The second kappa shape index (κ2) is 4.21. The van der Waals surface area contributed by atoms with E-state index in [9.17, 15) is 21.6 Å². The van der Waals surface area contributed by atoms with Crippen LogP contribution < -0.4 is 5.32 Å². The number of hydrogen-bond acceptors (Lipinski definition) is 5. The molecule has 100 valence electrons. The van der Waals surface area contributed by atoms with Gasteiger partial charge in [-0.3, -0.25) is 4.79 Å². The molecule has 1 saturated heterocycles. The van der Waals surface area contributed by atoms with Crippen LogP contribution in [0, 0.1) is 0 Å². The summed E-state index contributed by atoms with van der Waals surface area (Å²) in [4.78, 5) is 11.6. The topological polar surface area (TPSA) is 101 Å². The van der Waals surface area contributed by atoms with E-state index < -0.39 is 36.4 Å². The molecule has 0 aromatic carbocycles. The molecule has 0 aliphatic carbocycles. The fourth-order valence-corrected chi connectivity index (χ4v) is 5.52. The van der Waals surface area contributed by atoms with Crippen LogP contribution in [0.1, 0.15) is 13.8 Å². The van der Waals surface area contributed by atoms with E-state index in [1.807, 2.05) is 0 Å². The zero-order valence-electron chi connectivity index (χ0n) is 9.93. The van der Waals surface area contributed by atoms with Crippen molar-refractivity contribution in [2.24, 2.45) is 0 Å². The van der Waals surface area contributed by atoms with Crippen LogP contribution in [-0.2, 0) is 24.7 Å². The molecule has 1 heterocycles. The fourth-order valence-electron chi connectivity index (χ4n) is 1.70. The quantitative estimate of drug-likeness (QED) is 0.682. The average molecular weight is 284 g/mol. The summed E-state index contributed by atoms with van der Waals surface area (Å²) >= 11 is 0. The van der Waals surface area contributed by atoms with Crippen molar-refractivity contribution in [3.8, 4) is 0 Å². The molecule has 1 aliphatic heterocycles. The second-order valence-corrected chi connectivity index (χ2v) is 8.94. The Morgan fingerprint density at radius 1 is 1.29 bits per heavy atom. The lowest BCUT2D eigenvalue weighted by Crippen LogP contribution is -2.63. The molecule has 0 saturated carbocycles. The third kappa shape index (κ3) is 3.17. The number of sulfone groups is 1. The van der Waals surface area contributed by atoms with Gasteiger partial charge in [-0.25, -0.2) is 16.8 Å². The predicted molar refractivity (Wildman–Crippen MR) is 62.4 cm³/mol. The Balaban J connectivity index is 3.11.